The third kappa shape index (κ3) is 4.88. The van der Waals surface area contributed by atoms with Crippen molar-refractivity contribution in [3.05, 3.63) is 89.0 Å². The van der Waals surface area contributed by atoms with Gasteiger partial charge in [-0.25, -0.2) is 4.98 Å². The average molecular weight is 543 g/mol. The molecule has 1 amide bonds. The summed E-state index contributed by atoms with van der Waals surface area (Å²) in [5.41, 5.74) is 2.86. The molecule has 1 N–H and O–H groups in total. The van der Waals surface area contributed by atoms with E-state index in [1.165, 1.54) is 16.2 Å². The number of rotatable bonds is 6. The van der Waals surface area contributed by atoms with Gasteiger partial charge in [-0.1, -0.05) is 56.4 Å². The normalized spacial score (nSPS) is 17.2. The van der Waals surface area contributed by atoms with Crippen LogP contribution in [-0.4, -0.2) is 35.5 Å². The van der Waals surface area contributed by atoms with Crippen LogP contribution in [0.2, 0.25) is 0 Å². The fourth-order valence-corrected chi connectivity index (χ4v) is 5.69. The van der Waals surface area contributed by atoms with Gasteiger partial charge in [-0.2, -0.15) is 0 Å². The Morgan fingerprint density at radius 2 is 1.67 bits per heavy atom. The van der Waals surface area contributed by atoms with E-state index in [-0.39, 0.29) is 16.7 Å². The molecule has 1 aromatic heterocycles. The van der Waals surface area contributed by atoms with E-state index in [0.717, 1.165) is 10.3 Å². The molecule has 1 fully saturated rings. The molecule has 200 valence electrons. The van der Waals surface area contributed by atoms with Crippen molar-refractivity contribution in [1.29, 1.82) is 0 Å². The van der Waals surface area contributed by atoms with Gasteiger partial charge in [0.15, 0.2) is 5.13 Å². The number of Topliss-reactive ketones (excluding diaryl/α,β-unsaturated/α-hetero) is 1. The number of benzene rings is 3. The van der Waals surface area contributed by atoms with E-state index in [4.69, 9.17) is 9.47 Å². The summed E-state index contributed by atoms with van der Waals surface area (Å²) in [6, 6.07) is 19.2. The maximum atomic E-state index is 13.6. The number of hydrogen-bond acceptors (Lipinski definition) is 7. The molecule has 1 aliphatic heterocycles. The van der Waals surface area contributed by atoms with Crippen molar-refractivity contribution < 1.29 is 24.2 Å². The van der Waals surface area contributed by atoms with Crippen LogP contribution in [-0.2, 0) is 15.0 Å². The second-order valence-electron chi connectivity index (χ2n) is 10.3. The van der Waals surface area contributed by atoms with Gasteiger partial charge in [-0.15, -0.1) is 0 Å². The molecule has 39 heavy (non-hydrogen) atoms. The Hall–Kier alpha value is -4.17. The molecule has 0 spiro atoms. The average Bonchev–Trinajstić information content (AvgIpc) is 3.46. The molecular weight excluding hydrogens is 512 g/mol. The maximum Gasteiger partial charge on any atom is 0.301 e. The largest absolute Gasteiger partial charge is 0.507 e. The SMILES string of the molecule is CCOc1ccc(C(O)=C2C(=O)C(=O)N(c3nc4ccc(OC)cc4s3)C2c2ccc(C(C)(C)C)cc2)cc1. The Morgan fingerprint density at radius 3 is 2.28 bits per heavy atom. The number of aliphatic hydroxyl groups excluding tert-OH is 1. The van der Waals surface area contributed by atoms with Crippen LogP contribution in [0.5, 0.6) is 11.5 Å². The highest BCUT2D eigenvalue weighted by Crippen LogP contribution is 2.45. The lowest BCUT2D eigenvalue weighted by Gasteiger charge is -2.24. The second kappa shape index (κ2) is 10.2. The molecule has 1 atom stereocenters. The summed E-state index contributed by atoms with van der Waals surface area (Å²) in [4.78, 5) is 33.2. The van der Waals surface area contributed by atoms with Gasteiger partial charge in [0.1, 0.15) is 17.3 Å². The number of anilines is 1. The molecule has 2 heterocycles. The third-order valence-electron chi connectivity index (χ3n) is 6.77. The van der Waals surface area contributed by atoms with Gasteiger partial charge in [-0.05, 0) is 65.9 Å². The molecule has 8 heteroatoms. The van der Waals surface area contributed by atoms with Gasteiger partial charge in [-0.3, -0.25) is 14.5 Å². The fraction of sp³-hybridized carbons (Fsp3) is 0.258. The Morgan fingerprint density at radius 1 is 1.00 bits per heavy atom. The molecule has 5 rings (SSSR count). The maximum absolute atomic E-state index is 13.6. The topological polar surface area (TPSA) is 89.0 Å². The predicted octanol–water partition coefficient (Wildman–Crippen LogP) is 6.63. The quantitative estimate of drug-likeness (QED) is 0.167. The van der Waals surface area contributed by atoms with E-state index in [1.54, 1.807) is 37.4 Å². The number of carbonyl (C=O) groups is 2. The summed E-state index contributed by atoms with van der Waals surface area (Å²) in [6.07, 6.45) is 0. The first-order valence-corrected chi connectivity index (χ1v) is 13.5. The molecule has 1 saturated heterocycles. The minimum atomic E-state index is -0.854. The van der Waals surface area contributed by atoms with Crippen molar-refractivity contribution in [1.82, 2.24) is 4.98 Å². The zero-order valence-electron chi connectivity index (χ0n) is 22.5. The lowest BCUT2D eigenvalue weighted by atomic mass is 9.85. The zero-order chi connectivity index (χ0) is 27.9. The van der Waals surface area contributed by atoms with Crippen molar-refractivity contribution >= 4 is 44.1 Å². The van der Waals surface area contributed by atoms with Crippen molar-refractivity contribution in [2.24, 2.45) is 0 Å². The molecule has 0 aliphatic carbocycles. The van der Waals surface area contributed by atoms with Gasteiger partial charge in [0.25, 0.3) is 5.78 Å². The number of fused-ring (bicyclic) bond motifs is 1. The molecule has 4 aromatic rings. The van der Waals surface area contributed by atoms with Crippen LogP contribution < -0.4 is 14.4 Å². The first-order chi connectivity index (χ1) is 18.6. The molecule has 0 bridgehead atoms. The summed E-state index contributed by atoms with van der Waals surface area (Å²) >= 11 is 1.29. The van der Waals surface area contributed by atoms with Crippen molar-refractivity contribution in [3.63, 3.8) is 0 Å². The number of carbonyl (C=O) groups excluding carboxylic acids is 2. The zero-order valence-corrected chi connectivity index (χ0v) is 23.3. The number of hydrogen-bond donors (Lipinski definition) is 1. The Kier molecular flexibility index (Phi) is 6.91. The highest BCUT2D eigenvalue weighted by Gasteiger charge is 2.48. The van der Waals surface area contributed by atoms with E-state index >= 15 is 0 Å². The van der Waals surface area contributed by atoms with Crippen LogP contribution >= 0.6 is 11.3 Å². The van der Waals surface area contributed by atoms with Crippen molar-refractivity contribution in [3.8, 4) is 11.5 Å². The smallest absolute Gasteiger partial charge is 0.301 e. The third-order valence-corrected chi connectivity index (χ3v) is 7.78. The monoisotopic (exact) mass is 542 g/mol. The number of nitrogens with zero attached hydrogens (tertiary/aromatic N) is 2. The number of aliphatic hydroxyl groups is 1. The van der Waals surface area contributed by atoms with Gasteiger partial charge < -0.3 is 14.6 Å². The van der Waals surface area contributed by atoms with Crippen LogP contribution in [0.3, 0.4) is 0 Å². The van der Waals surface area contributed by atoms with Crippen LogP contribution in [0.1, 0.15) is 50.4 Å². The molecule has 1 unspecified atom stereocenters. The van der Waals surface area contributed by atoms with Crippen LogP contribution in [0.25, 0.3) is 16.0 Å². The Bertz CT molecular complexity index is 1580. The van der Waals surface area contributed by atoms with Crippen molar-refractivity contribution in [2.75, 3.05) is 18.6 Å². The fourth-order valence-electron chi connectivity index (χ4n) is 4.66. The number of amides is 1. The Labute approximate surface area is 231 Å². The molecule has 0 saturated carbocycles. The van der Waals surface area contributed by atoms with Gasteiger partial charge >= 0.3 is 5.91 Å². The first-order valence-electron chi connectivity index (χ1n) is 12.7. The van der Waals surface area contributed by atoms with Gasteiger partial charge in [0, 0.05) is 5.56 Å². The van der Waals surface area contributed by atoms with Gasteiger partial charge in [0.05, 0.1) is 35.5 Å². The highest BCUT2D eigenvalue weighted by molar-refractivity contribution is 7.22. The van der Waals surface area contributed by atoms with E-state index in [1.807, 2.05) is 43.3 Å². The number of ketones is 1. The van der Waals surface area contributed by atoms with E-state index in [2.05, 4.69) is 25.8 Å². The lowest BCUT2D eigenvalue weighted by Crippen LogP contribution is -2.29. The first kappa shape index (κ1) is 26.4. The van der Waals surface area contributed by atoms with Crippen molar-refractivity contribution in [2.45, 2.75) is 39.2 Å². The van der Waals surface area contributed by atoms with E-state index < -0.39 is 17.7 Å². The summed E-state index contributed by atoms with van der Waals surface area (Å²) in [5.74, 6) is -0.425. The van der Waals surface area contributed by atoms with Crippen LogP contribution in [0.15, 0.2) is 72.3 Å². The number of thiazole rings is 1. The summed E-state index contributed by atoms with van der Waals surface area (Å²) in [6.45, 7) is 8.76. The van der Waals surface area contributed by atoms with Crippen LogP contribution in [0, 0.1) is 0 Å². The van der Waals surface area contributed by atoms with Crippen LogP contribution in [0.4, 0.5) is 5.13 Å². The Balaban J connectivity index is 1.67. The number of aromatic nitrogens is 1. The minimum Gasteiger partial charge on any atom is -0.507 e. The number of methoxy groups -OCH3 is 1. The highest BCUT2D eigenvalue weighted by atomic mass is 32.1. The molecule has 0 radical (unpaired) electrons. The molecule has 1 aliphatic rings. The summed E-state index contributed by atoms with van der Waals surface area (Å²) in [7, 11) is 1.59. The van der Waals surface area contributed by atoms with Gasteiger partial charge in [0.2, 0.25) is 0 Å². The standard InChI is InChI=1S/C31H30N2O5S/c1-6-38-21-13-9-19(10-14-21)27(34)25-26(18-7-11-20(12-8-18)31(2,3)4)33(29(36)28(25)35)30-32-23-16-15-22(37-5)17-24(23)39-30/h7-17,26,34H,6H2,1-5H3. The lowest BCUT2D eigenvalue weighted by molar-refractivity contribution is -0.132. The molecule has 7 nitrogen and oxygen atoms in total. The van der Waals surface area contributed by atoms with E-state index in [9.17, 15) is 14.7 Å². The number of ether oxygens (including phenoxy) is 2. The predicted molar refractivity (Wildman–Crippen MR) is 154 cm³/mol. The molecular formula is C31H30N2O5S. The minimum absolute atomic E-state index is 0.0181. The van der Waals surface area contributed by atoms with E-state index in [0.29, 0.717) is 39.9 Å². The molecule has 3 aromatic carbocycles. The second-order valence-corrected chi connectivity index (χ2v) is 11.3. The summed E-state index contributed by atoms with van der Waals surface area (Å²) in [5, 5.41) is 11.8. The summed E-state index contributed by atoms with van der Waals surface area (Å²) < 4.78 is 11.7.